The normalized spacial score (nSPS) is 36.5. The molecule has 2 fully saturated rings. The smallest absolute Gasteiger partial charge is 0.331 e. The van der Waals surface area contributed by atoms with Gasteiger partial charge in [-0.3, -0.25) is 0 Å². The number of carbonyl (C=O) groups is 1. The van der Waals surface area contributed by atoms with E-state index in [4.69, 9.17) is 4.74 Å². The Morgan fingerprint density at radius 3 is 2.62 bits per heavy atom. The standard InChI is InChI=1S/C11H16O2/c1-8-7-11(8,2)13-10(12)6-9-4-3-5-9/h6,8H,3-5,7H2,1-2H3. The topological polar surface area (TPSA) is 26.3 Å². The second-order valence-electron chi connectivity index (χ2n) is 4.50. The molecule has 0 heterocycles. The van der Waals surface area contributed by atoms with Crippen LogP contribution >= 0.6 is 0 Å². The van der Waals surface area contributed by atoms with E-state index in [0.717, 1.165) is 19.3 Å². The molecule has 2 nitrogen and oxygen atoms in total. The van der Waals surface area contributed by atoms with Gasteiger partial charge in [-0.15, -0.1) is 0 Å². The van der Waals surface area contributed by atoms with Crippen LogP contribution in [-0.2, 0) is 9.53 Å². The average molecular weight is 180 g/mol. The Hall–Kier alpha value is -0.790. The first-order valence-corrected chi connectivity index (χ1v) is 5.02. The van der Waals surface area contributed by atoms with Gasteiger partial charge in [-0.05, 0) is 38.5 Å². The number of esters is 1. The fourth-order valence-electron chi connectivity index (χ4n) is 1.64. The van der Waals surface area contributed by atoms with Crippen LogP contribution in [0.15, 0.2) is 11.6 Å². The lowest BCUT2D eigenvalue weighted by molar-refractivity contribution is -0.144. The summed E-state index contributed by atoms with van der Waals surface area (Å²) in [5, 5.41) is 0. The van der Waals surface area contributed by atoms with Gasteiger partial charge in [0.05, 0.1) is 0 Å². The Kier molecular flexibility index (Phi) is 1.94. The second-order valence-corrected chi connectivity index (χ2v) is 4.50. The molecule has 0 aliphatic heterocycles. The summed E-state index contributed by atoms with van der Waals surface area (Å²) < 4.78 is 5.35. The minimum absolute atomic E-state index is 0.137. The van der Waals surface area contributed by atoms with E-state index in [2.05, 4.69) is 6.92 Å². The number of hydrogen-bond acceptors (Lipinski definition) is 2. The van der Waals surface area contributed by atoms with E-state index in [-0.39, 0.29) is 11.6 Å². The SMILES string of the molecule is CC1CC1(C)OC(=O)C=C1CCC1. The fraction of sp³-hybridized carbons (Fsp3) is 0.727. The van der Waals surface area contributed by atoms with Crippen molar-refractivity contribution in [3.8, 4) is 0 Å². The van der Waals surface area contributed by atoms with E-state index in [0.29, 0.717) is 5.92 Å². The number of ether oxygens (including phenoxy) is 1. The molecule has 0 saturated heterocycles. The first kappa shape index (κ1) is 8.79. The third-order valence-electron chi connectivity index (χ3n) is 3.25. The van der Waals surface area contributed by atoms with Crippen molar-refractivity contribution in [2.24, 2.45) is 5.92 Å². The number of hydrogen-bond donors (Lipinski definition) is 0. The molecule has 0 aromatic carbocycles. The third-order valence-corrected chi connectivity index (χ3v) is 3.25. The molecule has 0 N–H and O–H groups in total. The molecule has 2 aliphatic rings. The molecule has 2 saturated carbocycles. The van der Waals surface area contributed by atoms with Crippen molar-refractivity contribution in [2.75, 3.05) is 0 Å². The van der Waals surface area contributed by atoms with Crippen molar-refractivity contribution in [1.29, 1.82) is 0 Å². The highest BCUT2D eigenvalue weighted by Crippen LogP contribution is 2.46. The zero-order valence-electron chi connectivity index (χ0n) is 8.30. The van der Waals surface area contributed by atoms with Crippen molar-refractivity contribution < 1.29 is 9.53 Å². The number of allylic oxidation sites excluding steroid dienone is 1. The Labute approximate surface area is 79.0 Å². The van der Waals surface area contributed by atoms with Crippen LogP contribution in [0.2, 0.25) is 0 Å². The predicted octanol–water partition coefficient (Wildman–Crippen LogP) is 2.44. The van der Waals surface area contributed by atoms with Crippen LogP contribution in [0.1, 0.15) is 39.5 Å². The van der Waals surface area contributed by atoms with Crippen LogP contribution in [0.25, 0.3) is 0 Å². The molecule has 13 heavy (non-hydrogen) atoms. The second kappa shape index (κ2) is 2.86. The largest absolute Gasteiger partial charge is 0.456 e. The summed E-state index contributed by atoms with van der Waals surface area (Å²) in [6.07, 6.45) is 6.09. The molecule has 72 valence electrons. The van der Waals surface area contributed by atoms with Crippen molar-refractivity contribution in [2.45, 2.75) is 45.1 Å². The van der Waals surface area contributed by atoms with Crippen molar-refractivity contribution in [1.82, 2.24) is 0 Å². The first-order valence-electron chi connectivity index (χ1n) is 5.02. The van der Waals surface area contributed by atoms with Gasteiger partial charge in [0.15, 0.2) is 0 Å². The van der Waals surface area contributed by atoms with E-state index in [9.17, 15) is 4.79 Å². The van der Waals surface area contributed by atoms with Gasteiger partial charge < -0.3 is 4.74 Å². The molecule has 0 aromatic heterocycles. The highest BCUT2D eigenvalue weighted by Gasteiger charge is 2.50. The molecule has 2 atom stereocenters. The van der Waals surface area contributed by atoms with Gasteiger partial charge in [0, 0.05) is 6.08 Å². The number of carbonyl (C=O) groups excluding carboxylic acids is 1. The maximum Gasteiger partial charge on any atom is 0.331 e. The van der Waals surface area contributed by atoms with Crippen LogP contribution in [0.3, 0.4) is 0 Å². The highest BCUT2D eigenvalue weighted by molar-refractivity contribution is 5.83. The quantitative estimate of drug-likeness (QED) is 0.482. The lowest BCUT2D eigenvalue weighted by atomic mass is 9.92. The van der Waals surface area contributed by atoms with E-state index < -0.39 is 0 Å². The van der Waals surface area contributed by atoms with E-state index in [1.807, 2.05) is 6.92 Å². The average Bonchev–Trinajstić information content (AvgIpc) is 2.50. The Balaban J connectivity index is 1.85. The van der Waals surface area contributed by atoms with Gasteiger partial charge in [0.2, 0.25) is 0 Å². The van der Waals surface area contributed by atoms with Crippen molar-refractivity contribution in [3.05, 3.63) is 11.6 Å². The predicted molar refractivity (Wildman–Crippen MR) is 50.2 cm³/mol. The molecule has 2 aliphatic carbocycles. The summed E-state index contributed by atoms with van der Waals surface area (Å²) in [6, 6.07) is 0. The molecular weight excluding hydrogens is 164 g/mol. The Morgan fingerprint density at radius 1 is 1.62 bits per heavy atom. The maximum atomic E-state index is 11.3. The molecule has 0 aromatic rings. The summed E-state index contributed by atoms with van der Waals surface area (Å²) in [5.74, 6) is 0.401. The lowest BCUT2D eigenvalue weighted by Crippen LogP contribution is -2.17. The molecule has 2 unspecified atom stereocenters. The summed E-state index contributed by atoms with van der Waals surface area (Å²) in [6.45, 7) is 4.12. The Bertz CT molecular complexity index is 261. The zero-order valence-corrected chi connectivity index (χ0v) is 8.30. The molecule has 0 radical (unpaired) electrons. The van der Waals surface area contributed by atoms with Crippen molar-refractivity contribution in [3.63, 3.8) is 0 Å². The molecule has 0 bridgehead atoms. The van der Waals surface area contributed by atoms with E-state index >= 15 is 0 Å². The highest BCUT2D eigenvalue weighted by atomic mass is 16.6. The molecule has 2 heteroatoms. The molecular formula is C11H16O2. The zero-order chi connectivity index (χ0) is 9.47. The van der Waals surface area contributed by atoms with Gasteiger partial charge in [-0.2, -0.15) is 0 Å². The Morgan fingerprint density at radius 2 is 2.23 bits per heavy atom. The van der Waals surface area contributed by atoms with Crippen LogP contribution in [0.4, 0.5) is 0 Å². The number of rotatable bonds is 2. The third kappa shape index (κ3) is 1.77. The summed E-state index contributed by atoms with van der Waals surface area (Å²) in [4.78, 5) is 11.3. The van der Waals surface area contributed by atoms with Gasteiger partial charge in [0.1, 0.15) is 5.60 Å². The van der Waals surface area contributed by atoms with Gasteiger partial charge >= 0.3 is 5.97 Å². The molecule has 0 amide bonds. The van der Waals surface area contributed by atoms with Gasteiger partial charge in [0.25, 0.3) is 0 Å². The fourth-order valence-corrected chi connectivity index (χ4v) is 1.64. The summed E-state index contributed by atoms with van der Waals surface area (Å²) in [5.41, 5.74) is 1.10. The van der Waals surface area contributed by atoms with E-state index in [1.54, 1.807) is 6.08 Å². The van der Waals surface area contributed by atoms with E-state index in [1.165, 1.54) is 12.0 Å². The van der Waals surface area contributed by atoms with Crippen LogP contribution in [0.5, 0.6) is 0 Å². The monoisotopic (exact) mass is 180 g/mol. The first-order chi connectivity index (χ1) is 6.10. The van der Waals surface area contributed by atoms with Gasteiger partial charge in [-0.25, -0.2) is 4.79 Å². The summed E-state index contributed by atoms with van der Waals surface area (Å²) in [7, 11) is 0. The molecule has 0 spiro atoms. The summed E-state index contributed by atoms with van der Waals surface area (Å²) >= 11 is 0. The van der Waals surface area contributed by atoms with Crippen LogP contribution in [-0.4, -0.2) is 11.6 Å². The minimum atomic E-state index is -0.155. The molecule has 2 rings (SSSR count). The van der Waals surface area contributed by atoms with Crippen LogP contribution < -0.4 is 0 Å². The van der Waals surface area contributed by atoms with Crippen molar-refractivity contribution >= 4 is 5.97 Å². The van der Waals surface area contributed by atoms with Gasteiger partial charge in [-0.1, -0.05) is 12.5 Å². The maximum absolute atomic E-state index is 11.3. The van der Waals surface area contributed by atoms with Crippen LogP contribution in [0, 0.1) is 5.92 Å². The minimum Gasteiger partial charge on any atom is -0.456 e. The lowest BCUT2D eigenvalue weighted by Gasteiger charge is -2.16.